The number of sulfonamides is 1. The van der Waals surface area contributed by atoms with E-state index in [1.165, 1.54) is 10.6 Å². The Morgan fingerprint density at radius 1 is 1.58 bits per heavy atom. The van der Waals surface area contributed by atoms with E-state index in [1.807, 2.05) is 0 Å². The normalized spacial score (nSPS) is 21.2. The summed E-state index contributed by atoms with van der Waals surface area (Å²) in [5.74, 6) is 0.326. The number of methoxy groups -OCH3 is 1. The summed E-state index contributed by atoms with van der Waals surface area (Å²) in [7, 11) is -1.53. The number of ether oxygens (including phenoxy) is 1. The molecule has 1 rings (SSSR count). The van der Waals surface area contributed by atoms with Crippen LogP contribution >= 0.6 is 24.0 Å². The smallest absolute Gasteiger partial charge is 0.211 e. The van der Waals surface area contributed by atoms with E-state index in [-0.39, 0.29) is 30.0 Å². The molecular formula is C10H23IN4O3S. The van der Waals surface area contributed by atoms with Crippen molar-refractivity contribution in [3.8, 4) is 0 Å². The maximum Gasteiger partial charge on any atom is 0.211 e. The second-order valence-corrected chi connectivity index (χ2v) is 6.25. The summed E-state index contributed by atoms with van der Waals surface area (Å²) in [4.78, 5) is 4.16. The molecule has 19 heavy (non-hydrogen) atoms. The van der Waals surface area contributed by atoms with Gasteiger partial charge in [-0.3, -0.25) is 4.99 Å². The summed E-state index contributed by atoms with van der Waals surface area (Å²) in [5.41, 5.74) is 5.66. The fraction of sp³-hybridized carbons (Fsp3) is 0.900. The highest BCUT2D eigenvalue weighted by Crippen LogP contribution is 2.20. The highest BCUT2D eigenvalue weighted by atomic mass is 127. The van der Waals surface area contributed by atoms with E-state index in [4.69, 9.17) is 10.5 Å². The van der Waals surface area contributed by atoms with Gasteiger partial charge < -0.3 is 15.8 Å². The molecule has 0 aromatic heterocycles. The lowest BCUT2D eigenvalue weighted by Gasteiger charge is -2.20. The van der Waals surface area contributed by atoms with Crippen molar-refractivity contribution in [2.75, 3.05) is 39.6 Å². The molecule has 1 atom stereocenters. The van der Waals surface area contributed by atoms with Gasteiger partial charge in [0.15, 0.2) is 5.96 Å². The predicted octanol–water partition coefficient (Wildman–Crippen LogP) is -0.421. The molecule has 0 aromatic carbocycles. The zero-order valence-corrected chi connectivity index (χ0v) is 14.5. The predicted molar refractivity (Wildman–Crippen MR) is 86.4 cm³/mol. The molecule has 1 saturated heterocycles. The summed E-state index contributed by atoms with van der Waals surface area (Å²) in [5, 5.41) is 2.90. The summed E-state index contributed by atoms with van der Waals surface area (Å²) in [6.45, 7) is 2.12. The van der Waals surface area contributed by atoms with Gasteiger partial charge in [-0.25, -0.2) is 8.42 Å². The summed E-state index contributed by atoms with van der Waals surface area (Å²) in [6, 6.07) is -0.0669. The van der Waals surface area contributed by atoms with Crippen LogP contribution in [0.5, 0.6) is 0 Å². The fourth-order valence-electron chi connectivity index (χ4n) is 1.97. The van der Waals surface area contributed by atoms with Crippen LogP contribution in [0, 0.1) is 0 Å². The summed E-state index contributed by atoms with van der Waals surface area (Å²) < 4.78 is 29.4. The van der Waals surface area contributed by atoms with Crippen LogP contribution in [0.3, 0.4) is 0 Å². The highest BCUT2D eigenvalue weighted by molar-refractivity contribution is 14.0. The average molecular weight is 406 g/mol. The topological polar surface area (TPSA) is 97.0 Å². The number of halogens is 1. The van der Waals surface area contributed by atoms with Gasteiger partial charge in [0, 0.05) is 26.2 Å². The van der Waals surface area contributed by atoms with Crippen LogP contribution < -0.4 is 11.1 Å². The Kier molecular flexibility index (Phi) is 8.86. The Morgan fingerprint density at radius 3 is 2.84 bits per heavy atom. The number of nitrogens with zero attached hydrogens (tertiary/aromatic N) is 2. The van der Waals surface area contributed by atoms with Crippen LogP contribution in [0.1, 0.15) is 12.8 Å². The molecule has 1 aliphatic heterocycles. The quantitative estimate of drug-likeness (QED) is 0.270. The molecule has 7 nitrogen and oxygen atoms in total. The minimum Gasteiger partial charge on any atom is -0.383 e. The largest absolute Gasteiger partial charge is 0.383 e. The van der Waals surface area contributed by atoms with Crippen LogP contribution in [0.4, 0.5) is 0 Å². The van der Waals surface area contributed by atoms with Gasteiger partial charge in [0.25, 0.3) is 0 Å². The maximum atomic E-state index is 11.5. The van der Waals surface area contributed by atoms with Gasteiger partial charge in [0.1, 0.15) is 0 Å². The molecule has 9 heteroatoms. The first kappa shape index (κ1) is 18.9. The molecule has 0 aromatic rings. The number of hydrogen-bond donors (Lipinski definition) is 2. The second kappa shape index (κ2) is 8.93. The molecular weight excluding hydrogens is 383 g/mol. The fourth-order valence-corrected chi connectivity index (χ4v) is 3.14. The Labute approximate surface area is 132 Å². The third-order valence-electron chi connectivity index (χ3n) is 2.83. The first-order chi connectivity index (χ1) is 8.45. The molecule has 114 valence electrons. The van der Waals surface area contributed by atoms with E-state index in [9.17, 15) is 8.42 Å². The Morgan fingerprint density at radius 2 is 2.26 bits per heavy atom. The van der Waals surface area contributed by atoms with Crippen molar-refractivity contribution in [2.24, 2.45) is 10.7 Å². The van der Waals surface area contributed by atoms with Gasteiger partial charge in [-0.2, -0.15) is 4.31 Å². The molecule has 0 aliphatic carbocycles. The SMILES string of the molecule is COCCNC(N)=NC[C@H]1CCCN1S(C)(=O)=O.I. The van der Waals surface area contributed by atoms with Gasteiger partial charge in [0.2, 0.25) is 10.0 Å². The van der Waals surface area contributed by atoms with E-state index in [0.29, 0.717) is 32.2 Å². The molecule has 0 unspecified atom stereocenters. The molecule has 0 saturated carbocycles. The van der Waals surface area contributed by atoms with Crippen molar-refractivity contribution in [2.45, 2.75) is 18.9 Å². The third-order valence-corrected chi connectivity index (χ3v) is 4.17. The van der Waals surface area contributed by atoms with Crippen molar-refractivity contribution >= 4 is 40.0 Å². The first-order valence-electron chi connectivity index (χ1n) is 5.94. The molecule has 0 radical (unpaired) electrons. The second-order valence-electron chi connectivity index (χ2n) is 4.32. The van der Waals surface area contributed by atoms with Crippen LogP contribution in [0.15, 0.2) is 4.99 Å². The van der Waals surface area contributed by atoms with E-state index in [1.54, 1.807) is 7.11 Å². The van der Waals surface area contributed by atoms with E-state index >= 15 is 0 Å². The van der Waals surface area contributed by atoms with E-state index < -0.39 is 10.0 Å². The number of nitrogens with one attached hydrogen (secondary N) is 1. The van der Waals surface area contributed by atoms with Gasteiger partial charge in [-0.15, -0.1) is 24.0 Å². The number of rotatable bonds is 6. The molecule has 0 amide bonds. The highest BCUT2D eigenvalue weighted by Gasteiger charge is 2.30. The molecule has 1 fully saturated rings. The van der Waals surface area contributed by atoms with Crippen LogP contribution in [0.2, 0.25) is 0 Å². The van der Waals surface area contributed by atoms with Crippen molar-refractivity contribution in [1.82, 2.24) is 9.62 Å². The average Bonchev–Trinajstić information content (AvgIpc) is 2.74. The molecule has 0 spiro atoms. The van der Waals surface area contributed by atoms with E-state index in [0.717, 1.165) is 12.8 Å². The minimum atomic E-state index is -3.14. The van der Waals surface area contributed by atoms with Crippen molar-refractivity contribution in [3.05, 3.63) is 0 Å². The van der Waals surface area contributed by atoms with E-state index in [2.05, 4.69) is 10.3 Å². The number of guanidine groups is 1. The van der Waals surface area contributed by atoms with Gasteiger partial charge >= 0.3 is 0 Å². The Balaban J connectivity index is 0.00000324. The zero-order valence-electron chi connectivity index (χ0n) is 11.3. The monoisotopic (exact) mass is 406 g/mol. The lowest BCUT2D eigenvalue weighted by molar-refractivity contribution is 0.204. The molecule has 1 heterocycles. The van der Waals surface area contributed by atoms with Crippen molar-refractivity contribution < 1.29 is 13.2 Å². The first-order valence-corrected chi connectivity index (χ1v) is 7.79. The van der Waals surface area contributed by atoms with Crippen LogP contribution in [0.25, 0.3) is 0 Å². The minimum absolute atomic E-state index is 0. The van der Waals surface area contributed by atoms with Crippen molar-refractivity contribution in [1.29, 1.82) is 0 Å². The van der Waals surface area contributed by atoms with Crippen LogP contribution in [-0.4, -0.2) is 64.3 Å². The van der Waals surface area contributed by atoms with Crippen LogP contribution in [-0.2, 0) is 14.8 Å². The number of aliphatic imine (C=N–C) groups is 1. The Bertz CT molecular complexity index is 388. The molecule has 1 aliphatic rings. The maximum absolute atomic E-state index is 11.5. The lowest BCUT2D eigenvalue weighted by atomic mass is 10.2. The summed E-state index contributed by atoms with van der Waals surface area (Å²) in [6.07, 6.45) is 2.95. The van der Waals surface area contributed by atoms with Gasteiger partial charge in [-0.1, -0.05) is 0 Å². The Hall–Kier alpha value is -0.130. The molecule has 0 bridgehead atoms. The number of nitrogens with two attached hydrogens (primary N) is 1. The zero-order chi connectivity index (χ0) is 13.6. The number of hydrogen-bond acceptors (Lipinski definition) is 4. The third kappa shape index (κ3) is 6.72. The summed E-state index contributed by atoms with van der Waals surface area (Å²) >= 11 is 0. The lowest BCUT2D eigenvalue weighted by Crippen LogP contribution is -2.39. The van der Waals surface area contributed by atoms with Gasteiger partial charge in [-0.05, 0) is 12.8 Å². The molecule has 3 N–H and O–H groups in total. The van der Waals surface area contributed by atoms with Gasteiger partial charge in [0.05, 0.1) is 19.4 Å². The standard InChI is InChI=1S/C10H22N4O3S.HI/c1-17-7-5-12-10(11)13-8-9-4-3-6-14(9)18(2,15)16;/h9H,3-8H2,1-2H3,(H3,11,12,13);1H/t9-;/m1./s1. The van der Waals surface area contributed by atoms with Crippen molar-refractivity contribution in [3.63, 3.8) is 0 Å².